The van der Waals surface area contributed by atoms with Crippen LogP contribution in [0.3, 0.4) is 0 Å². The van der Waals surface area contributed by atoms with E-state index < -0.39 is 0 Å². The molecule has 0 aliphatic heterocycles. The van der Waals surface area contributed by atoms with Gasteiger partial charge in [-0.15, -0.1) is 0 Å². The summed E-state index contributed by atoms with van der Waals surface area (Å²) in [6.45, 7) is 11.2. The summed E-state index contributed by atoms with van der Waals surface area (Å²) in [5.74, 6) is 0. The minimum Gasteiger partial charge on any atom is -0.379 e. The Kier molecular flexibility index (Phi) is 39.9. The lowest BCUT2D eigenvalue weighted by Crippen LogP contribution is -2.21. The molecule has 0 saturated heterocycles. The molecule has 2 nitrogen and oxygen atoms in total. The third-order valence-electron chi connectivity index (χ3n) is 9.32. The molecule has 0 bridgehead atoms. The Morgan fingerprint density at radius 1 is 0.372 bits per heavy atom. The first-order valence-electron chi connectivity index (χ1n) is 20.3. The molecule has 43 heavy (non-hydrogen) atoms. The second-order valence-corrected chi connectivity index (χ2v) is 13.8. The molecule has 1 atom stereocenters. The summed E-state index contributed by atoms with van der Waals surface area (Å²) in [7, 11) is 0. The van der Waals surface area contributed by atoms with Crippen molar-refractivity contribution in [2.75, 3.05) is 19.8 Å². The van der Waals surface area contributed by atoms with Crippen molar-refractivity contribution in [2.45, 2.75) is 238 Å². The Hall–Kier alpha value is -0.0800. The summed E-state index contributed by atoms with van der Waals surface area (Å²) in [5, 5.41) is 0. The SMILES string of the molecule is [CH2]CC[C@@H](COCCCCCCCCCCCCCCCCCC)OCCCCCCCCCCCCCCCCCC. The van der Waals surface area contributed by atoms with Crippen LogP contribution in [0.5, 0.6) is 0 Å². The summed E-state index contributed by atoms with van der Waals surface area (Å²) >= 11 is 0. The van der Waals surface area contributed by atoms with Gasteiger partial charge in [-0.2, -0.15) is 0 Å². The highest BCUT2D eigenvalue weighted by Crippen LogP contribution is 2.16. The molecule has 0 aliphatic rings. The minimum absolute atomic E-state index is 0.245. The average Bonchev–Trinajstić information content (AvgIpc) is 3.01. The van der Waals surface area contributed by atoms with Gasteiger partial charge in [0.2, 0.25) is 0 Å². The van der Waals surface area contributed by atoms with Crippen LogP contribution in [-0.4, -0.2) is 25.9 Å². The van der Waals surface area contributed by atoms with E-state index in [1.807, 2.05) is 0 Å². The third-order valence-corrected chi connectivity index (χ3v) is 9.32. The number of hydrogen-bond donors (Lipinski definition) is 0. The molecular formula is C41H83O2. The minimum atomic E-state index is 0.245. The zero-order chi connectivity index (χ0) is 31.2. The molecule has 0 aliphatic carbocycles. The molecule has 0 fully saturated rings. The van der Waals surface area contributed by atoms with E-state index in [2.05, 4.69) is 20.8 Å². The first-order valence-corrected chi connectivity index (χ1v) is 20.3. The maximum atomic E-state index is 6.17. The van der Waals surface area contributed by atoms with Crippen LogP contribution < -0.4 is 0 Å². The van der Waals surface area contributed by atoms with Crippen molar-refractivity contribution in [1.29, 1.82) is 0 Å². The first-order chi connectivity index (χ1) is 21.3. The molecule has 2 heteroatoms. The maximum Gasteiger partial charge on any atom is 0.0808 e. The Bertz CT molecular complexity index is 465. The predicted molar refractivity (Wildman–Crippen MR) is 194 cm³/mol. The quantitative estimate of drug-likeness (QED) is 0.0647. The van der Waals surface area contributed by atoms with E-state index in [9.17, 15) is 0 Å². The summed E-state index contributed by atoms with van der Waals surface area (Å²) in [6.07, 6.45) is 47.5. The van der Waals surface area contributed by atoms with Gasteiger partial charge in [0, 0.05) is 13.2 Å². The molecule has 0 N–H and O–H groups in total. The van der Waals surface area contributed by atoms with Crippen molar-refractivity contribution in [2.24, 2.45) is 0 Å². The molecule has 0 aromatic heterocycles. The largest absolute Gasteiger partial charge is 0.379 e. The number of rotatable bonds is 39. The maximum absolute atomic E-state index is 6.17. The van der Waals surface area contributed by atoms with Gasteiger partial charge < -0.3 is 9.47 Å². The van der Waals surface area contributed by atoms with Gasteiger partial charge >= 0.3 is 0 Å². The lowest BCUT2D eigenvalue weighted by atomic mass is 10.0. The standard InChI is InChI=1S/C41H83O2/c1-4-7-9-11-13-15-17-19-21-23-25-27-29-31-33-35-38-42-40-41(37-6-3)43-39-36-34-32-30-28-26-24-22-20-18-16-14-12-10-8-5-2/h41H,3-40H2,1-2H3/t41-/m0/s1. The van der Waals surface area contributed by atoms with E-state index in [1.54, 1.807) is 0 Å². The van der Waals surface area contributed by atoms with E-state index in [0.717, 1.165) is 32.7 Å². The fraction of sp³-hybridized carbons (Fsp3) is 0.976. The monoisotopic (exact) mass is 608 g/mol. The van der Waals surface area contributed by atoms with Crippen LogP contribution >= 0.6 is 0 Å². The Labute approximate surface area is 274 Å². The zero-order valence-electron chi connectivity index (χ0n) is 30.3. The molecule has 0 spiro atoms. The molecule has 0 rings (SSSR count). The highest BCUT2D eigenvalue weighted by molar-refractivity contribution is 4.59. The van der Waals surface area contributed by atoms with Crippen molar-refractivity contribution < 1.29 is 9.47 Å². The van der Waals surface area contributed by atoms with Gasteiger partial charge in [0.15, 0.2) is 0 Å². The molecule has 0 heterocycles. The average molecular weight is 608 g/mol. The molecule has 0 unspecified atom stereocenters. The van der Waals surface area contributed by atoms with E-state index in [0.29, 0.717) is 0 Å². The van der Waals surface area contributed by atoms with E-state index >= 15 is 0 Å². The van der Waals surface area contributed by atoms with E-state index in [4.69, 9.17) is 9.47 Å². The van der Waals surface area contributed by atoms with E-state index in [-0.39, 0.29) is 6.10 Å². The Morgan fingerprint density at radius 3 is 0.953 bits per heavy atom. The number of unbranched alkanes of at least 4 members (excludes halogenated alkanes) is 30. The van der Waals surface area contributed by atoms with Gasteiger partial charge in [-0.1, -0.05) is 220 Å². The van der Waals surface area contributed by atoms with Gasteiger partial charge in [-0.05, 0) is 19.3 Å². The fourth-order valence-electron chi connectivity index (χ4n) is 6.31. The second-order valence-electron chi connectivity index (χ2n) is 13.8. The van der Waals surface area contributed by atoms with Gasteiger partial charge in [0.1, 0.15) is 0 Å². The molecule has 1 radical (unpaired) electrons. The third kappa shape index (κ3) is 38.0. The molecule has 0 aromatic rings. The lowest BCUT2D eigenvalue weighted by Gasteiger charge is -2.17. The predicted octanol–water partition coefficient (Wildman–Crippen LogP) is 14.5. The van der Waals surface area contributed by atoms with Crippen molar-refractivity contribution in [3.63, 3.8) is 0 Å². The summed E-state index contributed by atoms with van der Waals surface area (Å²) < 4.78 is 12.2. The van der Waals surface area contributed by atoms with Gasteiger partial charge in [-0.3, -0.25) is 0 Å². The van der Waals surface area contributed by atoms with E-state index in [1.165, 1.54) is 205 Å². The van der Waals surface area contributed by atoms with Crippen molar-refractivity contribution in [1.82, 2.24) is 0 Å². The number of ether oxygens (including phenoxy) is 2. The second kappa shape index (κ2) is 39.9. The highest BCUT2D eigenvalue weighted by atomic mass is 16.5. The molecule has 0 amide bonds. The van der Waals surface area contributed by atoms with Crippen molar-refractivity contribution >= 4 is 0 Å². The van der Waals surface area contributed by atoms with Crippen LogP contribution in [-0.2, 0) is 9.47 Å². The molecular weight excluding hydrogens is 524 g/mol. The van der Waals surface area contributed by atoms with Crippen LogP contribution in [0, 0.1) is 6.92 Å². The van der Waals surface area contributed by atoms with Gasteiger partial charge in [-0.25, -0.2) is 0 Å². The Balaban J connectivity index is 3.34. The fourth-order valence-corrected chi connectivity index (χ4v) is 6.31. The van der Waals surface area contributed by atoms with Crippen LogP contribution in [0.15, 0.2) is 0 Å². The smallest absolute Gasteiger partial charge is 0.0808 e. The van der Waals surface area contributed by atoms with Gasteiger partial charge in [0.25, 0.3) is 0 Å². The Morgan fingerprint density at radius 2 is 0.651 bits per heavy atom. The lowest BCUT2D eigenvalue weighted by molar-refractivity contribution is -0.0219. The van der Waals surface area contributed by atoms with Crippen LogP contribution in [0.2, 0.25) is 0 Å². The summed E-state index contributed by atoms with van der Waals surface area (Å²) in [5.41, 5.74) is 0. The highest BCUT2D eigenvalue weighted by Gasteiger charge is 2.08. The molecule has 0 aromatic carbocycles. The van der Waals surface area contributed by atoms with Crippen LogP contribution in [0.4, 0.5) is 0 Å². The topological polar surface area (TPSA) is 18.5 Å². The van der Waals surface area contributed by atoms with Gasteiger partial charge in [0.05, 0.1) is 12.7 Å². The van der Waals surface area contributed by atoms with Crippen LogP contribution in [0.25, 0.3) is 0 Å². The summed E-state index contributed by atoms with van der Waals surface area (Å²) in [4.78, 5) is 0. The van der Waals surface area contributed by atoms with Crippen molar-refractivity contribution in [3.05, 3.63) is 6.92 Å². The van der Waals surface area contributed by atoms with Crippen molar-refractivity contribution in [3.8, 4) is 0 Å². The number of hydrogen-bond acceptors (Lipinski definition) is 2. The molecule has 0 saturated carbocycles. The van der Waals surface area contributed by atoms with Crippen LogP contribution in [0.1, 0.15) is 232 Å². The first kappa shape index (κ1) is 42.9. The zero-order valence-corrected chi connectivity index (χ0v) is 30.3. The summed E-state index contributed by atoms with van der Waals surface area (Å²) in [6, 6.07) is 0. The molecule has 259 valence electrons. The normalized spacial score (nSPS) is 12.3.